The van der Waals surface area contributed by atoms with Crippen LogP contribution in [-0.2, 0) is 0 Å². The van der Waals surface area contributed by atoms with Crippen LogP contribution in [0.5, 0.6) is 0 Å². The van der Waals surface area contributed by atoms with Crippen molar-refractivity contribution in [2.24, 2.45) is 10.6 Å². The Morgan fingerprint density at radius 2 is 1.67 bits per heavy atom. The summed E-state index contributed by atoms with van der Waals surface area (Å²) in [5.41, 5.74) is -0.374. The lowest BCUT2D eigenvalue weighted by molar-refractivity contribution is 0.167. The quantitative estimate of drug-likeness (QED) is 0.592. The average molecular weight is 171 g/mol. The molecule has 0 spiro atoms. The first-order valence-electron chi connectivity index (χ1n) is 4.78. The molecule has 0 saturated heterocycles. The molecule has 0 N–H and O–H groups in total. The van der Waals surface area contributed by atoms with Gasteiger partial charge in [-0.05, 0) is 18.3 Å². The van der Waals surface area contributed by atoms with Gasteiger partial charge < -0.3 is 0 Å². The largest absolute Gasteiger partial charge is 0.150 e. The van der Waals surface area contributed by atoms with E-state index in [1.807, 2.05) is 6.92 Å². The van der Waals surface area contributed by atoms with Gasteiger partial charge in [-0.3, -0.25) is 0 Å². The number of hydrogen-bond acceptors (Lipinski definition) is 2. The van der Waals surface area contributed by atoms with E-state index < -0.39 is 0 Å². The van der Waals surface area contributed by atoms with Crippen molar-refractivity contribution in [3.05, 3.63) is 4.91 Å². The van der Waals surface area contributed by atoms with Gasteiger partial charge in [0.15, 0.2) is 0 Å². The van der Waals surface area contributed by atoms with E-state index in [9.17, 15) is 4.91 Å². The molecule has 0 aromatic heterocycles. The first-order valence-corrected chi connectivity index (χ1v) is 4.78. The molecular formula is C10H21NO. The second kappa shape index (κ2) is 4.01. The minimum absolute atomic E-state index is 0.0144. The third-order valence-corrected chi connectivity index (χ3v) is 2.82. The third kappa shape index (κ3) is 2.05. The van der Waals surface area contributed by atoms with Gasteiger partial charge in [0.25, 0.3) is 0 Å². The maximum absolute atomic E-state index is 10.8. The first-order chi connectivity index (χ1) is 5.43. The maximum atomic E-state index is 10.8. The second-order valence-electron chi connectivity index (χ2n) is 4.48. The predicted octanol–water partition coefficient (Wildman–Crippen LogP) is 3.75. The van der Waals surface area contributed by atoms with E-state index in [0.717, 1.165) is 19.3 Å². The summed E-state index contributed by atoms with van der Waals surface area (Å²) < 4.78 is 0. The summed E-state index contributed by atoms with van der Waals surface area (Å²) in [6.45, 7) is 10.4. The Balaban J connectivity index is 4.69. The summed E-state index contributed by atoms with van der Waals surface area (Å²) in [7, 11) is 0. The highest BCUT2D eigenvalue weighted by Gasteiger charge is 2.41. The summed E-state index contributed by atoms with van der Waals surface area (Å²) in [4.78, 5) is 10.8. The molecule has 0 aromatic rings. The zero-order valence-electron chi connectivity index (χ0n) is 8.98. The zero-order chi connectivity index (χ0) is 9.83. The number of rotatable bonds is 4. The lowest BCUT2D eigenvalue weighted by Crippen LogP contribution is -2.40. The standard InChI is InChI=1S/C10H21NO/c1-6-8-10(7-2,11-12)9(3,4)5/h6-8H2,1-5H3. The molecule has 1 unspecified atom stereocenters. The summed E-state index contributed by atoms with van der Waals surface area (Å²) >= 11 is 0. The Labute approximate surface area is 75.7 Å². The summed E-state index contributed by atoms with van der Waals surface area (Å²) in [5.74, 6) is 0. The Kier molecular flexibility index (Phi) is 3.88. The molecule has 0 heterocycles. The van der Waals surface area contributed by atoms with Crippen LogP contribution in [0.15, 0.2) is 5.18 Å². The van der Waals surface area contributed by atoms with E-state index in [1.165, 1.54) is 0 Å². The molecule has 0 radical (unpaired) electrons. The minimum atomic E-state index is -0.359. The highest BCUT2D eigenvalue weighted by atomic mass is 16.3. The van der Waals surface area contributed by atoms with Crippen molar-refractivity contribution in [2.45, 2.75) is 59.4 Å². The van der Waals surface area contributed by atoms with Crippen molar-refractivity contribution in [3.63, 3.8) is 0 Å². The van der Waals surface area contributed by atoms with Gasteiger partial charge in [0, 0.05) is 0 Å². The number of nitrogens with zero attached hydrogens (tertiary/aromatic N) is 1. The van der Waals surface area contributed by atoms with Crippen molar-refractivity contribution >= 4 is 0 Å². The maximum Gasteiger partial charge on any atom is 0.107 e. The summed E-state index contributed by atoms with van der Waals surface area (Å²) in [5, 5.41) is 3.35. The van der Waals surface area contributed by atoms with Crippen molar-refractivity contribution in [1.82, 2.24) is 0 Å². The van der Waals surface area contributed by atoms with E-state index in [0.29, 0.717) is 0 Å². The van der Waals surface area contributed by atoms with Crippen LogP contribution < -0.4 is 0 Å². The van der Waals surface area contributed by atoms with Crippen molar-refractivity contribution in [1.29, 1.82) is 0 Å². The van der Waals surface area contributed by atoms with Crippen LogP contribution in [-0.4, -0.2) is 5.54 Å². The molecule has 0 aliphatic rings. The molecule has 2 heteroatoms. The van der Waals surface area contributed by atoms with E-state index in [-0.39, 0.29) is 11.0 Å². The van der Waals surface area contributed by atoms with Crippen LogP contribution in [0.4, 0.5) is 0 Å². The molecule has 0 fully saturated rings. The molecule has 12 heavy (non-hydrogen) atoms. The van der Waals surface area contributed by atoms with Gasteiger partial charge in [0.05, 0.1) is 0 Å². The SMILES string of the molecule is CCCC(CC)(N=O)C(C)(C)C. The molecule has 1 atom stereocenters. The fourth-order valence-electron chi connectivity index (χ4n) is 1.74. The van der Waals surface area contributed by atoms with E-state index in [4.69, 9.17) is 0 Å². The molecule has 0 rings (SSSR count). The molecule has 0 bridgehead atoms. The Morgan fingerprint density at radius 1 is 1.17 bits per heavy atom. The van der Waals surface area contributed by atoms with Crippen LogP contribution in [0.3, 0.4) is 0 Å². The number of hydrogen-bond donors (Lipinski definition) is 0. The highest BCUT2D eigenvalue weighted by Crippen LogP contribution is 2.40. The smallest absolute Gasteiger partial charge is 0.107 e. The molecule has 0 aliphatic carbocycles. The van der Waals surface area contributed by atoms with Crippen molar-refractivity contribution < 1.29 is 0 Å². The van der Waals surface area contributed by atoms with Gasteiger partial charge in [-0.1, -0.05) is 46.2 Å². The van der Waals surface area contributed by atoms with Gasteiger partial charge in [-0.2, -0.15) is 4.91 Å². The molecule has 0 saturated carbocycles. The normalized spacial score (nSPS) is 17.1. The van der Waals surface area contributed by atoms with Crippen LogP contribution in [0, 0.1) is 10.3 Å². The predicted molar refractivity (Wildman–Crippen MR) is 53.2 cm³/mol. The lowest BCUT2D eigenvalue weighted by atomic mass is 9.70. The molecule has 72 valence electrons. The van der Waals surface area contributed by atoms with Crippen LogP contribution >= 0.6 is 0 Å². The Morgan fingerprint density at radius 3 is 1.75 bits per heavy atom. The first kappa shape index (κ1) is 11.6. The van der Waals surface area contributed by atoms with Gasteiger partial charge in [-0.25, -0.2) is 0 Å². The van der Waals surface area contributed by atoms with Gasteiger partial charge in [0.1, 0.15) is 5.54 Å². The fraction of sp³-hybridized carbons (Fsp3) is 1.00. The fourth-order valence-corrected chi connectivity index (χ4v) is 1.74. The van der Waals surface area contributed by atoms with Gasteiger partial charge in [-0.15, -0.1) is 0 Å². The van der Waals surface area contributed by atoms with Crippen molar-refractivity contribution in [3.8, 4) is 0 Å². The zero-order valence-corrected chi connectivity index (χ0v) is 8.98. The molecular weight excluding hydrogens is 150 g/mol. The van der Waals surface area contributed by atoms with Crippen LogP contribution in [0.2, 0.25) is 0 Å². The third-order valence-electron chi connectivity index (χ3n) is 2.82. The van der Waals surface area contributed by atoms with E-state index >= 15 is 0 Å². The molecule has 0 amide bonds. The summed E-state index contributed by atoms with van der Waals surface area (Å²) in [6, 6.07) is 0. The van der Waals surface area contributed by atoms with E-state index in [1.54, 1.807) is 0 Å². The summed E-state index contributed by atoms with van der Waals surface area (Å²) in [6.07, 6.45) is 2.77. The highest BCUT2D eigenvalue weighted by molar-refractivity contribution is 4.96. The molecule has 0 aliphatic heterocycles. The lowest BCUT2D eigenvalue weighted by Gasteiger charge is -2.37. The Hall–Kier alpha value is -0.400. The molecule has 0 aromatic carbocycles. The second-order valence-corrected chi connectivity index (χ2v) is 4.48. The number of nitroso groups, excluding NO2 is 1. The van der Waals surface area contributed by atoms with Crippen LogP contribution in [0.1, 0.15) is 53.9 Å². The monoisotopic (exact) mass is 171 g/mol. The van der Waals surface area contributed by atoms with Gasteiger partial charge in [0.2, 0.25) is 0 Å². The molecule has 2 nitrogen and oxygen atoms in total. The van der Waals surface area contributed by atoms with Gasteiger partial charge >= 0.3 is 0 Å². The average Bonchev–Trinajstić information content (AvgIpc) is 1.98. The topological polar surface area (TPSA) is 29.4 Å². The Bertz CT molecular complexity index is 148. The minimum Gasteiger partial charge on any atom is -0.150 e. The van der Waals surface area contributed by atoms with Crippen LogP contribution in [0.25, 0.3) is 0 Å². The van der Waals surface area contributed by atoms with E-state index in [2.05, 4.69) is 32.9 Å². The van der Waals surface area contributed by atoms with Crippen molar-refractivity contribution in [2.75, 3.05) is 0 Å².